The Morgan fingerprint density at radius 2 is 1.06 bits per heavy atom. The van der Waals surface area contributed by atoms with E-state index in [1.807, 2.05) is 13.8 Å². The van der Waals surface area contributed by atoms with Gasteiger partial charge >= 0.3 is 11.9 Å². The summed E-state index contributed by atoms with van der Waals surface area (Å²) in [4.78, 5) is 23.2. The van der Waals surface area contributed by atoms with Crippen molar-refractivity contribution >= 4 is 11.9 Å². The van der Waals surface area contributed by atoms with Crippen molar-refractivity contribution in [2.75, 3.05) is 0 Å². The summed E-state index contributed by atoms with van der Waals surface area (Å²) in [5, 5.41) is 0. The van der Waals surface area contributed by atoms with E-state index < -0.39 is 23.1 Å². The third kappa shape index (κ3) is 6.62. The molecule has 0 aromatic carbocycles. The fourth-order valence-corrected chi connectivity index (χ4v) is 1.89. The SMILES string of the molecule is CCCC(C)(C)OC(=O)C(=O)OC(C)(C)CCC. The topological polar surface area (TPSA) is 52.6 Å². The number of carbonyl (C=O) groups is 2. The molecule has 0 rings (SSSR count). The Bertz CT molecular complexity index is 262. The molecule has 0 aromatic heterocycles. The Labute approximate surface area is 110 Å². The Morgan fingerprint density at radius 1 is 0.778 bits per heavy atom. The van der Waals surface area contributed by atoms with Gasteiger partial charge in [-0.1, -0.05) is 26.7 Å². The summed E-state index contributed by atoms with van der Waals surface area (Å²) in [6.45, 7) is 11.2. The molecule has 0 aromatic rings. The summed E-state index contributed by atoms with van der Waals surface area (Å²) in [6, 6.07) is 0. The highest BCUT2D eigenvalue weighted by molar-refractivity contribution is 6.29. The summed E-state index contributed by atoms with van der Waals surface area (Å²) in [7, 11) is 0. The third-order valence-electron chi connectivity index (χ3n) is 2.61. The molecule has 0 atom stereocenters. The first-order valence-electron chi connectivity index (χ1n) is 6.60. The Balaban J connectivity index is 4.40. The van der Waals surface area contributed by atoms with Gasteiger partial charge in [-0.05, 0) is 40.5 Å². The van der Waals surface area contributed by atoms with E-state index in [1.54, 1.807) is 27.7 Å². The van der Waals surface area contributed by atoms with Gasteiger partial charge in [-0.25, -0.2) is 9.59 Å². The first-order chi connectivity index (χ1) is 8.13. The van der Waals surface area contributed by atoms with E-state index in [0.717, 1.165) is 12.8 Å². The molecule has 0 saturated heterocycles. The summed E-state index contributed by atoms with van der Waals surface area (Å²) in [5.74, 6) is -1.81. The van der Waals surface area contributed by atoms with E-state index in [9.17, 15) is 9.59 Å². The maximum Gasteiger partial charge on any atom is 0.418 e. The van der Waals surface area contributed by atoms with E-state index >= 15 is 0 Å². The third-order valence-corrected chi connectivity index (χ3v) is 2.61. The van der Waals surface area contributed by atoms with Crippen molar-refractivity contribution in [1.29, 1.82) is 0 Å². The molecule has 0 N–H and O–H groups in total. The lowest BCUT2D eigenvalue weighted by Gasteiger charge is -2.27. The zero-order valence-corrected chi connectivity index (χ0v) is 12.5. The van der Waals surface area contributed by atoms with E-state index in [-0.39, 0.29) is 0 Å². The minimum atomic E-state index is -0.905. The molecule has 18 heavy (non-hydrogen) atoms. The highest BCUT2D eigenvalue weighted by Gasteiger charge is 2.31. The van der Waals surface area contributed by atoms with Gasteiger partial charge in [0.25, 0.3) is 0 Å². The molecule has 0 radical (unpaired) electrons. The smallest absolute Gasteiger partial charge is 0.418 e. The standard InChI is InChI=1S/C14H26O4/c1-7-9-13(3,4)17-11(15)12(16)18-14(5,6)10-8-2/h7-10H2,1-6H3. The van der Waals surface area contributed by atoms with Gasteiger partial charge in [-0.15, -0.1) is 0 Å². The van der Waals surface area contributed by atoms with E-state index in [2.05, 4.69) is 0 Å². The van der Waals surface area contributed by atoms with Crippen LogP contribution in [0.2, 0.25) is 0 Å². The molecular formula is C14H26O4. The van der Waals surface area contributed by atoms with Crippen molar-refractivity contribution < 1.29 is 19.1 Å². The second kappa shape index (κ2) is 6.76. The van der Waals surface area contributed by atoms with Gasteiger partial charge in [0.1, 0.15) is 11.2 Å². The number of rotatable bonds is 6. The van der Waals surface area contributed by atoms with Crippen LogP contribution in [0.5, 0.6) is 0 Å². The van der Waals surface area contributed by atoms with Crippen LogP contribution in [0.3, 0.4) is 0 Å². The van der Waals surface area contributed by atoms with Crippen molar-refractivity contribution in [3.8, 4) is 0 Å². The average molecular weight is 258 g/mol. The molecular weight excluding hydrogens is 232 g/mol. The molecule has 0 aliphatic rings. The average Bonchev–Trinajstić information content (AvgIpc) is 2.15. The fraction of sp³-hybridized carbons (Fsp3) is 0.857. The van der Waals surface area contributed by atoms with E-state index in [0.29, 0.717) is 12.8 Å². The number of ether oxygens (including phenoxy) is 2. The van der Waals surface area contributed by atoms with Gasteiger partial charge in [0, 0.05) is 0 Å². The van der Waals surface area contributed by atoms with Crippen LogP contribution in [0.25, 0.3) is 0 Å². The molecule has 4 heteroatoms. The quantitative estimate of drug-likeness (QED) is 0.542. The van der Waals surface area contributed by atoms with Gasteiger partial charge in [0.2, 0.25) is 0 Å². The van der Waals surface area contributed by atoms with Gasteiger partial charge in [-0.2, -0.15) is 0 Å². The second-order valence-electron chi connectivity index (χ2n) is 5.80. The van der Waals surface area contributed by atoms with Crippen LogP contribution in [0.15, 0.2) is 0 Å². The van der Waals surface area contributed by atoms with Crippen LogP contribution in [0, 0.1) is 0 Å². The summed E-state index contributed by atoms with van der Waals surface area (Å²) in [6.07, 6.45) is 3.20. The van der Waals surface area contributed by atoms with Crippen molar-refractivity contribution in [3.63, 3.8) is 0 Å². The summed E-state index contributed by atoms with van der Waals surface area (Å²) >= 11 is 0. The molecule has 0 fully saturated rings. The van der Waals surface area contributed by atoms with Crippen LogP contribution in [0.4, 0.5) is 0 Å². The number of esters is 2. The minimum absolute atomic E-state index is 0.625. The second-order valence-corrected chi connectivity index (χ2v) is 5.80. The predicted octanol–water partition coefficient (Wildman–Crippen LogP) is 3.23. The zero-order chi connectivity index (χ0) is 14.4. The lowest BCUT2D eigenvalue weighted by Crippen LogP contribution is -2.37. The van der Waals surface area contributed by atoms with Gasteiger partial charge < -0.3 is 9.47 Å². The van der Waals surface area contributed by atoms with Crippen molar-refractivity contribution in [1.82, 2.24) is 0 Å². The maximum atomic E-state index is 11.6. The number of hydrogen-bond donors (Lipinski definition) is 0. The van der Waals surface area contributed by atoms with Gasteiger partial charge in [-0.3, -0.25) is 0 Å². The summed E-state index contributed by atoms with van der Waals surface area (Å²) < 4.78 is 10.3. The molecule has 106 valence electrons. The molecule has 0 saturated carbocycles. The highest BCUT2D eigenvalue weighted by atomic mass is 16.6. The van der Waals surface area contributed by atoms with Crippen LogP contribution in [-0.2, 0) is 19.1 Å². The maximum absolute atomic E-state index is 11.6. The first-order valence-corrected chi connectivity index (χ1v) is 6.60. The Hall–Kier alpha value is -1.06. The Kier molecular flexibility index (Phi) is 6.36. The van der Waals surface area contributed by atoms with Crippen molar-refractivity contribution in [2.24, 2.45) is 0 Å². The first kappa shape index (κ1) is 16.9. The van der Waals surface area contributed by atoms with Crippen LogP contribution in [-0.4, -0.2) is 23.1 Å². The van der Waals surface area contributed by atoms with Gasteiger partial charge in [0.15, 0.2) is 0 Å². The highest BCUT2D eigenvalue weighted by Crippen LogP contribution is 2.19. The summed E-state index contributed by atoms with van der Waals surface area (Å²) in [5.41, 5.74) is -1.25. The number of hydrogen-bond acceptors (Lipinski definition) is 4. The molecule has 0 aliphatic heterocycles. The van der Waals surface area contributed by atoms with Crippen LogP contribution in [0.1, 0.15) is 67.2 Å². The van der Waals surface area contributed by atoms with Crippen LogP contribution < -0.4 is 0 Å². The number of carbonyl (C=O) groups excluding carboxylic acids is 2. The predicted molar refractivity (Wildman–Crippen MR) is 70.2 cm³/mol. The molecule has 0 unspecified atom stereocenters. The molecule has 0 bridgehead atoms. The normalized spacial score (nSPS) is 12.1. The monoisotopic (exact) mass is 258 g/mol. The fourth-order valence-electron chi connectivity index (χ4n) is 1.89. The van der Waals surface area contributed by atoms with Crippen molar-refractivity contribution in [2.45, 2.75) is 78.4 Å². The lowest BCUT2D eigenvalue weighted by atomic mass is 10.0. The van der Waals surface area contributed by atoms with Crippen molar-refractivity contribution in [3.05, 3.63) is 0 Å². The van der Waals surface area contributed by atoms with Gasteiger partial charge in [0.05, 0.1) is 0 Å². The molecule has 0 aliphatic carbocycles. The van der Waals surface area contributed by atoms with E-state index in [1.165, 1.54) is 0 Å². The molecule has 0 amide bonds. The molecule has 4 nitrogen and oxygen atoms in total. The largest absolute Gasteiger partial charge is 0.451 e. The minimum Gasteiger partial charge on any atom is -0.451 e. The zero-order valence-electron chi connectivity index (χ0n) is 12.5. The lowest BCUT2D eigenvalue weighted by molar-refractivity contribution is -0.183. The Morgan fingerprint density at radius 3 is 1.28 bits per heavy atom. The molecule has 0 heterocycles. The molecule has 0 spiro atoms. The van der Waals surface area contributed by atoms with E-state index in [4.69, 9.17) is 9.47 Å². The van der Waals surface area contributed by atoms with Crippen LogP contribution >= 0.6 is 0 Å².